The van der Waals surface area contributed by atoms with Crippen molar-refractivity contribution in [1.82, 2.24) is 15.5 Å². The van der Waals surface area contributed by atoms with Crippen molar-refractivity contribution in [3.8, 4) is 0 Å². The summed E-state index contributed by atoms with van der Waals surface area (Å²) in [6.45, 7) is 2.44. The Bertz CT molecular complexity index is 600. The number of likely N-dealkylation sites (N-methyl/N-ethyl adjacent to an activating group) is 1. The van der Waals surface area contributed by atoms with Crippen LogP contribution in [0, 0.1) is 5.92 Å². The summed E-state index contributed by atoms with van der Waals surface area (Å²) in [5.41, 5.74) is 1.22. The van der Waals surface area contributed by atoms with Gasteiger partial charge in [-0.05, 0) is 31.4 Å². The molecule has 0 bridgehead atoms. The molecule has 1 saturated carbocycles. The van der Waals surface area contributed by atoms with Gasteiger partial charge in [0.2, 0.25) is 11.8 Å². The lowest BCUT2D eigenvalue weighted by Gasteiger charge is -2.31. The average Bonchev–Trinajstić information content (AvgIpc) is 2.90. The number of nitrogens with one attached hydrogen (secondary N) is 2. The van der Waals surface area contributed by atoms with Gasteiger partial charge in [0.15, 0.2) is 0 Å². The molecule has 1 aliphatic heterocycles. The summed E-state index contributed by atoms with van der Waals surface area (Å²) in [7, 11) is 2.10. The minimum Gasteiger partial charge on any atom is -0.350 e. The topological polar surface area (TPSA) is 61.4 Å². The maximum absolute atomic E-state index is 12.8. The average molecular weight is 343 g/mol. The van der Waals surface area contributed by atoms with E-state index in [1.54, 1.807) is 0 Å². The molecule has 1 saturated heterocycles. The molecule has 25 heavy (non-hydrogen) atoms. The molecule has 5 nitrogen and oxygen atoms in total. The Morgan fingerprint density at radius 3 is 2.52 bits per heavy atom. The minimum absolute atomic E-state index is 0.0386. The number of rotatable bonds is 6. The number of hydrogen-bond acceptors (Lipinski definition) is 3. The van der Waals surface area contributed by atoms with Crippen LogP contribution in [0.1, 0.15) is 50.6 Å². The van der Waals surface area contributed by atoms with Crippen molar-refractivity contribution >= 4 is 11.8 Å². The molecule has 5 heteroatoms. The van der Waals surface area contributed by atoms with Crippen molar-refractivity contribution in [2.24, 2.45) is 5.92 Å². The number of carbonyl (C=O) groups is 2. The zero-order valence-electron chi connectivity index (χ0n) is 15.2. The summed E-state index contributed by atoms with van der Waals surface area (Å²) >= 11 is 0. The van der Waals surface area contributed by atoms with Gasteiger partial charge in [-0.3, -0.25) is 14.5 Å². The Balaban J connectivity index is 1.67. The fourth-order valence-electron chi connectivity index (χ4n) is 4.06. The molecule has 2 fully saturated rings. The minimum atomic E-state index is -0.412. The van der Waals surface area contributed by atoms with Gasteiger partial charge in [-0.2, -0.15) is 0 Å². The van der Waals surface area contributed by atoms with Gasteiger partial charge in [-0.1, -0.05) is 49.6 Å². The van der Waals surface area contributed by atoms with E-state index in [9.17, 15) is 9.59 Å². The molecule has 3 rings (SSSR count). The fraction of sp³-hybridized carbons (Fsp3) is 0.600. The quantitative estimate of drug-likeness (QED) is 0.833. The van der Waals surface area contributed by atoms with E-state index in [0.29, 0.717) is 5.92 Å². The van der Waals surface area contributed by atoms with Gasteiger partial charge in [-0.25, -0.2) is 0 Å². The fourth-order valence-corrected chi connectivity index (χ4v) is 4.06. The maximum Gasteiger partial charge on any atom is 0.242 e. The van der Waals surface area contributed by atoms with Crippen LogP contribution in [0.15, 0.2) is 30.3 Å². The standard InChI is InChI=1S/C20H29N3O2/c1-14(24)21-18(13-15-7-6-8-15)20(25)22-17-11-12-23(2)19(17)16-9-4-3-5-10-16/h3-5,9-10,15,17-19H,6-8,11-13H2,1-2H3,(H,21,24)(H,22,25)/t17-,18-,19+/m1/s1. The third-order valence-corrected chi connectivity index (χ3v) is 5.61. The Morgan fingerprint density at radius 1 is 1.20 bits per heavy atom. The van der Waals surface area contributed by atoms with Gasteiger partial charge in [0.05, 0.1) is 6.04 Å². The van der Waals surface area contributed by atoms with E-state index in [1.165, 1.54) is 31.7 Å². The highest BCUT2D eigenvalue weighted by Crippen LogP contribution is 2.32. The summed E-state index contributed by atoms with van der Waals surface area (Å²) < 4.78 is 0. The SMILES string of the molecule is CC(=O)N[C@H](CC1CCC1)C(=O)N[C@@H]1CCN(C)[C@H]1c1ccccc1. The van der Waals surface area contributed by atoms with E-state index in [2.05, 4.69) is 34.7 Å². The van der Waals surface area contributed by atoms with Crippen LogP contribution in [0.25, 0.3) is 0 Å². The van der Waals surface area contributed by atoms with E-state index in [0.717, 1.165) is 19.4 Å². The molecule has 2 N–H and O–H groups in total. The Kier molecular flexibility index (Phi) is 5.74. The van der Waals surface area contributed by atoms with Crippen LogP contribution in [0.3, 0.4) is 0 Å². The van der Waals surface area contributed by atoms with Crippen molar-refractivity contribution in [3.63, 3.8) is 0 Å². The van der Waals surface area contributed by atoms with Crippen LogP contribution < -0.4 is 10.6 Å². The van der Waals surface area contributed by atoms with Crippen molar-refractivity contribution in [3.05, 3.63) is 35.9 Å². The van der Waals surface area contributed by atoms with Crippen LogP contribution >= 0.6 is 0 Å². The molecule has 2 aliphatic rings. The predicted molar refractivity (Wildman–Crippen MR) is 97.9 cm³/mol. The van der Waals surface area contributed by atoms with E-state index < -0.39 is 6.04 Å². The van der Waals surface area contributed by atoms with Gasteiger partial charge in [-0.15, -0.1) is 0 Å². The van der Waals surface area contributed by atoms with E-state index in [4.69, 9.17) is 0 Å². The van der Waals surface area contributed by atoms with Gasteiger partial charge in [0, 0.05) is 19.5 Å². The smallest absolute Gasteiger partial charge is 0.242 e. The van der Waals surface area contributed by atoms with Gasteiger partial charge >= 0.3 is 0 Å². The molecular weight excluding hydrogens is 314 g/mol. The Morgan fingerprint density at radius 2 is 1.92 bits per heavy atom. The lowest BCUT2D eigenvalue weighted by atomic mass is 9.80. The molecule has 1 heterocycles. The largest absolute Gasteiger partial charge is 0.350 e. The predicted octanol–water partition coefficient (Wildman–Crippen LogP) is 2.24. The monoisotopic (exact) mass is 343 g/mol. The molecule has 136 valence electrons. The second kappa shape index (κ2) is 8.00. The molecule has 3 atom stereocenters. The lowest BCUT2D eigenvalue weighted by molar-refractivity contribution is -0.129. The molecule has 0 unspecified atom stereocenters. The first-order chi connectivity index (χ1) is 12.0. The van der Waals surface area contributed by atoms with Crippen LogP contribution in [-0.4, -0.2) is 42.4 Å². The summed E-state index contributed by atoms with van der Waals surface area (Å²) in [6.07, 6.45) is 5.26. The number of hydrogen-bond donors (Lipinski definition) is 2. The molecule has 1 aromatic carbocycles. The third kappa shape index (κ3) is 4.40. The number of amides is 2. The van der Waals surface area contributed by atoms with Crippen LogP contribution in [0.4, 0.5) is 0 Å². The van der Waals surface area contributed by atoms with Crippen molar-refractivity contribution in [2.75, 3.05) is 13.6 Å². The number of carbonyl (C=O) groups excluding carboxylic acids is 2. The number of benzene rings is 1. The molecule has 0 spiro atoms. The first-order valence-corrected chi connectivity index (χ1v) is 9.37. The highest BCUT2D eigenvalue weighted by atomic mass is 16.2. The highest BCUT2D eigenvalue weighted by Gasteiger charge is 2.36. The first kappa shape index (κ1) is 17.9. The number of likely N-dealkylation sites (tertiary alicyclic amines) is 1. The lowest BCUT2D eigenvalue weighted by Crippen LogP contribution is -2.51. The van der Waals surface area contributed by atoms with Crippen LogP contribution in [-0.2, 0) is 9.59 Å². The van der Waals surface area contributed by atoms with E-state index in [1.807, 2.05) is 18.2 Å². The maximum atomic E-state index is 12.8. The zero-order valence-corrected chi connectivity index (χ0v) is 15.2. The molecule has 0 aromatic heterocycles. The van der Waals surface area contributed by atoms with Crippen molar-refractivity contribution < 1.29 is 9.59 Å². The summed E-state index contributed by atoms with van der Waals surface area (Å²) in [4.78, 5) is 26.7. The normalized spacial score (nSPS) is 25.2. The van der Waals surface area contributed by atoms with Crippen molar-refractivity contribution in [2.45, 2.75) is 57.2 Å². The summed E-state index contributed by atoms with van der Waals surface area (Å²) in [5.74, 6) is 0.393. The molecule has 1 aliphatic carbocycles. The van der Waals surface area contributed by atoms with Gasteiger partial charge in [0.25, 0.3) is 0 Å². The second-order valence-corrected chi connectivity index (χ2v) is 7.53. The molecule has 1 aromatic rings. The summed E-state index contributed by atoms with van der Waals surface area (Å²) in [6, 6.07) is 10.2. The van der Waals surface area contributed by atoms with E-state index in [-0.39, 0.29) is 23.9 Å². The van der Waals surface area contributed by atoms with Gasteiger partial charge in [0.1, 0.15) is 6.04 Å². The Labute approximate surface area is 150 Å². The van der Waals surface area contributed by atoms with Crippen LogP contribution in [0.2, 0.25) is 0 Å². The van der Waals surface area contributed by atoms with Crippen LogP contribution in [0.5, 0.6) is 0 Å². The molecule has 2 amide bonds. The van der Waals surface area contributed by atoms with Crippen molar-refractivity contribution in [1.29, 1.82) is 0 Å². The number of nitrogens with zero attached hydrogens (tertiary/aromatic N) is 1. The zero-order chi connectivity index (χ0) is 17.8. The molecular formula is C20H29N3O2. The van der Waals surface area contributed by atoms with Gasteiger partial charge < -0.3 is 10.6 Å². The second-order valence-electron chi connectivity index (χ2n) is 7.53. The molecule has 0 radical (unpaired) electrons. The van der Waals surface area contributed by atoms with E-state index >= 15 is 0 Å². The first-order valence-electron chi connectivity index (χ1n) is 9.37. The Hall–Kier alpha value is -1.88. The summed E-state index contributed by atoms with van der Waals surface area (Å²) in [5, 5.41) is 6.08. The third-order valence-electron chi connectivity index (χ3n) is 5.61. The highest BCUT2D eigenvalue weighted by molar-refractivity contribution is 5.87.